The molecule has 1 aliphatic heterocycles. The normalized spacial score (nSPS) is 16.2. The van der Waals surface area contributed by atoms with Gasteiger partial charge in [0, 0.05) is 5.56 Å². The smallest absolute Gasteiger partial charge is 0.493 e. The highest BCUT2D eigenvalue weighted by Crippen LogP contribution is 2.38. The average molecular weight is 481 g/mol. The van der Waals surface area contributed by atoms with E-state index in [4.69, 9.17) is 19.0 Å². The summed E-state index contributed by atoms with van der Waals surface area (Å²) in [5, 5.41) is 0. The second kappa shape index (κ2) is 9.19. The van der Waals surface area contributed by atoms with Crippen LogP contribution >= 0.6 is 0 Å². The minimum Gasteiger partial charge on any atom is -0.493 e. The molecule has 0 bridgehead atoms. The van der Waals surface area contributed by atoms with Crippen molar-refractivity contribution in [3.63, 3.8) is 0 Å². The van der Waals surface area contributed by atoms with E-state index in [1.807, 2.05) is 100 Å². The van der Waals surface area contributed by atoms with E-state index < -0.39 is 24.1 Å². The van der Waals surface area contributed by atoms with Gasteiger partial charge in [-0.2, -0.15) is 0 Å². The molecule has 182 valence electrons. The lowest BCUT2D eigenvalue weighted by Gasteiger charge is -2.32. The number of ether oxygens (including phenoxy) is 1. The molecule has 1 saturated heterocycles. The molecule has 1 aromatic heterocycles. The summed E-state index contributed by atoms with van der Waals surface area (Å²) in [6, 6.07) is 27.0. The lowest BCUT2D eigenvalue weighted by atomic mass is 9.78. The van der Waals surface area contributed by atoms with E-state index >= 15 is 0 Å². The van der Waals surface area contributed by atoms with Crippen molar-refractivity contribution in [2.24, 2.45) is 0 Å². The molecule has 1 fully saturated rings. The van der Waals surface area contributed by atoms with Gasteiger partial charge in [0.05, 0.1) is 29.7 Å². The van der Waals surface area contributed by atoms with Gasteiger partial charge in [-0.3, -0.25) is 0 Å². The zero-order chi connectivity index (χ0) is 25.5. The third-order valence-corrected chi connectivity index (χ3v) is 7.09. The molecule has 1 aliphatic rings. The minimum atomic E-state index is -0.477. The summed E-state index contributed by atoms with van der Waals surface area (Å²) >= 11 is 0. The van der Waals surface area contributed by atoms with Crippen LogP contribution in [0, 0.1) is 5.82 Å². The van der Waals surface area contributed by atoms with Crippen LogP contribution in [0.25, 0.3) is 33.6 Å². The van der Waals surface area contributed by atoms with E-state index in [9.17, 15) is 4.39 Å². The molecule has 0 atom stereocenters. The number of methoxy groups -OCH3 is 1. The van der Waals surface area contributed by atoms with Crippen molar-refractivity contribution >= 4 is 12.6 Å². The van der Waals surface area contributed by atoms with Gasteiger partial charge in [-0.05, 0) is 74.1 Å². The Hall–Kier alpha value is -3.48. The number of hydrogen-bond acceptors (Lipinski definition) is 4. The van der Waals surface area contributed by atoms with Gasteiger partial charge in [-0.15, -0.1) is 0 Å². The third-order valence-electron chi connectivity index (χ3n) is 7.09. The minimum absolute atomic E-state index is 0.173. The molecule has 4 nitrogen and oxygen atoms in total. The number of aromatic nitrogens is 1. The number of hydrogen-bond donors (Lipinski definition) is 0. The quantitative estimate of drug-likeness (QED) is 0.304. The topological polar surface area (TPSA) is 40.6 Å². The maximum absolute atomic E-state index is 14.6. The Morgan fingerprint density at radius 2 is 1.36 bits per heavy atom. The molecule has 0 spiro atoms. The van der Waals surface area contributed by atoms with Crippen LogP contribution < -0.4 is 10.2 Å². The van der Waals surface area contributed by atoms with Gasteiger partial charge in [0.15, 0.2) is 11.6 Å². The van der Waals surface area contributed by atoms with Crippen LogP contribution in [-0.4, -0.2) is 30.4 Å². The predicted molar refractivity (Wildman–Crippen MR) is 143 cm³/mol. The summed E-state index contributed by atoms with van der Waals surface area (Å²) in [6.07, 6.45) is 0. The van der Waals surface area contributed by atoms with Crippen molar-refractivity contribution < 1.29 is 18.4 Å². The van der Waals surface area contributed by atoms with E-state index in [1.54, 1.807) is 6.07 Å². The molecule has 0 saturated carbocycles. The molecule has 4 aromatic rings. The first-order valence-electron chi connectivity index (χ1n) is 12.0. The van der Waals surface area contributed by atoms with Gasteiger partial charge in [0.25, 0.3) is 0 Å². The van der Waals surface area contributed by atoms with Crippen molar-refractivity contribution in [2.45, 2.75) is 38.9 Å². The fraction of sp³-hybridized carbons (Fsp3) is 0.233. The van der Waals surface area contributed by atoms with E-state index in [0.29, 0.717) is 11.3 Å². The summed E-state index contributed by atoms with van der Waals surface area (Å²) in [4.78, 5) is 4.95. The number of nitrogens with zero attached hydrogens (tertiary/aromatic N) is 1. The predicted octanol–water partition coefficient (Wildman–Crippen LogP) is 6.53. The van der Waals surface area contributed by atoms with Crippen LogP contribution in [0.3, 0.4) is 0 Å². The van der Waals surface area contributed by atoms with Crippen molar-refractivity contribution in [3.05, 3.63) is 90.7 Å². The van der Waals surface area contributed by atoms with Gasteiger partial charge in [0.2, 0.25) is 0 Å². The van der Waals surface area contributed by atoms with Crippen molar-refractivity contribution in [2.75, 3.05) is 7.11 Å². The Balaban J connectivity index is 1.63. The molecule has 5 rings (SSSR count). The number of pyridine rings is 1. The number of benzene rings is 3. The molecule has 6 heteroatoms. The first-order chi connectivity index (χ1) is 17.2. The van der Waals surface area contributed by atoms with E-state index in [-0.39, 0.29) is 5.75 Å². The van der Waals surface area contributed by atoms with Gasteiger partial charge in [-0.1, -0.05) is 60.7 Å². The molecule has 36 heavy (non-hydrogen) atoms. The van der Waals surface area contributed by atoms with Crippen LogP contribution in [0.15, 0.2) is 84.9 Å². The standard InChI is InChI=1S/C30H29BFNO3/c1-29(2)30(3,4)36-31(35-29)23-14-9-13-21(17-23)26-18-22(20-11-7-6-8-12-20)19-27(33-26)24-15-10-16-25(32)28(24)34-5/h6-19H,1-5H3. The van der Waals surface area contributed by atoms with Crippen LogP contribution in [0.5, 0.6) is 5.75 Å². The molecule has 0 unspecified atom stereocenters. The molecule has 0 amide bonds. The molecule has 3 aromatic carbocycles. The Bertz CT molecular complexity index is 1390. The molecule has 2 heterocycles. The van der Waals surface area contributed by atoms with E-state index in [2.05, 4.69) is 0 Å². The summed E-state index contributed by atoms with van der Waals surface area (Å²) < 4.78 is 32.5. The maximum atomic E-state index is 14.6. The summed E-state index contributed by atoms with van der Waals surface area (Å²) in [6.45, 7) is 8.17. The maximum Gasteiger partial charge on any atom is 0.494 e. The second-order valence-corrected chi connectivity index (χ2v) is 10.0. The molecular formula is C30H29BFNO3. The van der Waals surface area contributed by atoms with Crippen molar-refractivity contribution in [1.82, 2.24) is 4.98 Å². The van der Waals surface area contributed by atoms with Crippen molar-refractivity contribution in [3.8, 4) is 39.4 Å². The highest BCUT2D eigenvalue weighted by Gasteiger charge is 2.51. The Morgan fingerprint density at radius 1 is 0.722 bits per heavy atom. The highest BCUT2D eigenvalue weighted by atomic mass is 19.1. The van der Waals surface area contributed by atoms with Gasteiger partial charge >= 0.3 is 7.12 Å². The number of rotatable bonds is 5. The summed E-state index contributed by atoms with van der Waals surface area (Å²) in [5.41, 5.74) is 4.97. The first-order valence-corrected chi connectivity index (χ1v) is 12.0. The number of halogens is 1. The van der Waals surface area contributed by atoms with Crippen LogP contribution in [0.2, 0.25) is 0 Å². The fourth-order valence-electron chi connectivity index (χ4n) is 4.36. The average Bonchev–Trinajstić information content (AvgIpc) is 3.10. The van der Waals surface area contributed by atoms with Crippen LogP contribution in [0.1, 0.15) is 27.7 Å². The van der Waals surface area contributed by atoms with Crippen LogP contribution in [0.4, 0.5) is 4.39 Å². The first kappa shape index (κ1) is 24.2. The van der Waals surface area contributed by atoms with Crippen molar-refractivity contribution in [1.29, 1.82) is 0 Å². The molecule has 0 aliphatic carbocycles. The lowest BCUT2D eigenvalue weighted by Crippen LogP contribution is -2.41. The van der Waals surface area contributed by atoms with E-state index in [1.165, 1.54) is 13.2 Å². The molecule has 0 radical (unpaired) electrons. The Kier molecular flexibility index (Phi) is 6.19. The van der Waals surface area contributed by atoms with Gasteiger partial charge in [-0.25, -0.2) is 9.37 Å². The van der Waals surface area contributed by atoms with Gasteiger partial charge < -0.3 is 14.0 Å². The van der Waals surface area contributed by atoms with Gasteiger partial charge in [0.1, 0.15) is 0 Å². The SMILES string of the molecule is COc1c(F)cccc1-c1cc(-c2ccccc2)cc(-c2cccc(B3OC(C)(C)C(C)(C)O3)c2)n1. The van der Waals surface area contributed by atoms with E-state index in [0.717, 1.165) is 27.8 Å². The zero-order valence-electron chi connectivity index (χ0n) is 21.2. The fourth-order valence-corrected chi connectivity index (χ4v) is 4.36. The monoisotopic (exact) mass is 481 g/mol. The summed E-state index contributed by atoms with van der Waals surface area (Å²) in [5.74, 6) is -0.252. The Labute approximate surface area is 212 Å². The third kappa shape index (κ3) is 4.43. The second-order valence-electron chi connectivity index (χ2n) is 10.0. The molecule has 0 N–H and O–H groups in total. The zero-order valence-corrected chi connectivity index (χ0v) is 21.2. The number of para-hydroxylation sites is 1. The molecular weight excluding hydrogens is 452 g/mol. The highest BCUT2D eigenvalue weighted by molar-refractivity contribution is 6.62. The largest absolute Gasteiger partial charge is 0.494 e. The lowest BCUT2D eigenvalue weighted by molar-refractivity contribution is 0.00578. The summed E-state index contributed by atoms with van der Waals surface area (Å²) in [7, 11) is 0.993. The Morgan fingerprint density at radius 3 is 2.06 bits per heavy atom. The van der Waals surface area contributed by atoms with Crippen LogP contribution in [-0.2, 0) is 9.31 Å².